The highest BCUT2D eigenvalue weighted by Gasteiger charge is 2.28. The van der Waals surface area contributed by atoms with Crippen molar-refractivity contribution in [3.05, 3.63) is 47.8 Å². The Labute approximate surface area is 140 Å². The molecule has 0 fully saturated rings. The van der Waals surface area contributed by atoms with E-state index in [1.54, 1.807) is 6.34 Å². The maximum atomic E-state index is 11.4. The number of rotatable bonds is 7. The number of methoxy groups -OCH3 is 1. The van der Waals surface area contributed by atoms with Gasteiger partial charge in [-0.1, -0.05) is 30.3 Å². The van der Waals surface area contributed by atoms with Crippen LogP contribution in [0.25, 0.3) is 0 Å². The van der Waals surface area contributed by atoms with E-state index in [9.17, 15) is 14.7 Å². The summed E-state index contributed by atoms with van der Waals surface area (Å²) < 4.78 is 4.94. The highest BCUT2D eigenvalue weighted by molar-refractivity contribution is 5.73. The summed E-state index contributed by atoms with van der Waals surface area (Å²) in [7, 11) is 3.24. The Morgan fingerprint density at radius 1 is 1.33 bits per heavy atom. The first kappa shape index (κ1) is 17.7. The van der Waals surface area contributed by atoms with Crippen LogP contribution in [0.5, 0.6) is 0 Å². The molecule has 24 heavy (non-hydrogen) atoms. The van der Waals surface area contributed by atoms with E-state index in [2.05, 4.69) is 15.0 Å². The lowest BCUT2D eigenvalue weighted by Crippen LogP contribution is -2.34. The van der Waals surface area contributed by atoms with E-state index in [1.807, 2.05) is 43.6 Å². The van der Waals surface area contributed by atoms with Gasteiger partial charge in [-0.05, 0) is 0 Å². The Balaban J connectivity index is 2.00. The third-order valence-corrected chi connectivity index (χ3v) is 3.78. The number of alkyl carbamates (subject to hydrolysis) is 1. The first-order chi connectivity index (χ1) is 11.4. The number of carboxylic acids is 1. The monoisotopic (exact) mass is 332 g/mol. The minimum Gasteiger partial charge on any atom is -0.481 e. The van der Waals surface area contributed by atoms with E-state index in [-0.39, 0.29) is 13.0 Å². The molecule has 1 aromatic carbocycles. The average Bonchev–Trinajstić information content (AvgIpc) is 2.92. The number of hydrogen-bond donors (Lipinski definition) is 2. The quantitative estimate of drug-likeness (QED) is 0.747. The molecule has 2 rings (SSSR count). The smallest absolute Gasteiger partial charge is 0.406 e. The highest BCUT2D eigenvalue weighted by Crippen LogP contribution is 2.23. The number of nitrogens with zero attached hydrogens (tertiary/aromatic N) is 2. The van der Waals surface area contributed by atoms with Gasteiger partial charge in [-0.25, -0.2) is 9.79 Å². The van der Waals surface area contributed by atoms with E-state index in [4.69, 9.17) is 0 Å². The van der Waals surface area contributed by atoms with Crippen molar-refractivity contribution in [2.45, 2.75) is 13.0 Å². The number of nitrogens with one attached hydrogen (secondary N) is 1. The summed E-state index contributed by atoms with van der Waals surface area (Å²) in [4.78, 5) is 26.8. The van der Waals surface area contributed by atoms with Crippen molar-refractivity contribution in [2.24, 2.45) is 10.9 Å². The van der Waals surface area contributed by atoms with Crippen molar-refractivity contribution in [3.8, 4) is 0 Å². The van der Waals surface area contributed by atoms with E-state index in [0.717, 1.165) is 6.54 Å². The zero-order valence-electron chi connectivity index (χ0n) is 13.8. The number of carbonyl (C=O) groups is 2. The molecule has 1 heterocycles. The second-order valence-electron chi connectivity index (χ2n) is 5.97. The van der Waals surface area contributed by atoms with E-state index in [0.29, 0.717) is 10.2 Å². The third-order valence-electron chi connectivity index (χ3n) is 3.78. The minimum atomic E-state index is -0.980. The highest BCUT2D eigenvalue weighted by atomic mass is 16.5. The molecule has 0 saturated heterocycles. The number of quaternary nitrogens is 1. The summed E-state index contributed by atoms with van der Waals surface area (Å²) >= 11 is 0. The van der Waals surface area contributed by atoms with E-state index in [1.165, 1.54) is 12.7 Å². The fourth-order valence-electron chi connectivity index (χ4n) is 2.56. The lowest BCUT2D eigenvalue weighted by atomic mass is 10.0. The second kappa shape index (κ2) is 7.74. The lowest BCUT2D eigenvalue weighted by molar-refractivity contribution is -0.771. The molecule has 0 radical (unpaired) electrons. The fourth-order valence-corrected chi connectivity index (χ4v) is 2.56. The number of carbonyl (C=O) groups excluding carboxylic acids is 1. The summed E-state index contributed by atoms with van der Waals surface area (Å²) in [5, 5.41) is 11.7. The molecule has 1 amide bonds. The van der Waals surface area contributed by atoms with Crippen molar-refractivity contribution in [2.75, 3.05) is 20.7 Å². The topological polar surface area (TPSA) is 88.0 Å². The number of hydrogen-bond acceptors (Lipinski definition) is 4. The summed E-state index contributed by atoms with van der Waals surface area (Å²) in [5.74, 6) is -1.73. The van der Waals surface area contributed by atoms with Gasteiger partial charge in [0, 0.05) is 18.5 Å². The first-order valence-corrected chi connectivity index (χ1v) is 7.62. The van der Waals surface area contributed by atoms with Gasteiger partial charge in [-0.2, -0.15) is 0 Å². The number of benzene rings is 1. The molecule has 0 saturated carbocycles. The van der Waals surface area contributed by atoms with Gasteiger partial charge >= 0.3 is 12.1 Å². The maximum Gasteiger partial charge on any atom is 0.406 e. The molecule has 1 aliphatic heterocycles. The summed E-state index contributed by atoms with van der Waals surface area (Å²) in [6.07, 6.45) is 3.35. The number of aliphatic carboxylic acids is 1. The van der Waals surface area contributed by atoms with Gasteiger partial charge in [-0.15, -0.1) is 0 Å². The zero-order chi connectivity index (χ0) is 17.6. The molecule has 7 heteroatoms. The van der Waals surface area contributed by atoms with Crippen molar-refractivity contribution in [1.82, 2.24) is 5.32 Å². The largest absolute Gasteiger partial charge is 0.481 e. The normalized spacial score (nSPS) is 20.3. The van der Waals surface area contributed by atoms with Crippen molar-refractivity contribution in [1.29, 1.82) is 0 Å². The molecule has 1 aliphatic rings. The number of ether oxygens (including phenoxy) is 1. The Kier molecular flexibility index (Phi) is 5.70. The van der Waals surface area contributed by atoms with Crippen LogP contribution >= 0.6 is 0 Å². The van der Waals surface area contributed by atoms with Crippen LogP contribution in [0.1, 0.15) is 12.0 Å². The van der Waals surface area contributed by atoms with Crippen LogP contribution in [-0.2, 0) is 16.1 Å². The Hall–Kier alpha value is -2.67. The van der Waals surface area contributed by atoms with Crippen molar-refractivity contribution in [3.63, 3.8) is 0 Å². The fraction of sp³-hybridized carbons (Fsp3) is 0.353. The number of aliphatic imine (C=N–C) groups is 1. The van der Waals surface area contributed by atoms with E-state index >= 15 is 0 Å². The van der Waals surface area contributed by atoms with Crippen LogP contribution in [0.3, 0.4) is 0 Å². The van der Waals surface area contributed by atoms with Gasteiger partial charge in [0.2, 0.25) is 0 Å². The van der Waals surface area contributed by atoms with Crippen LogP contribution in [0.4, 0.5) is 4.79 Å². The van der Waals surface area contributed by atoms with Crippen LogP contribution < -0.4 is 5.32 Å². The molecular formula is C17H22N3O4+. The molecule has 0 aromatic heterocycles. The van der Waals surface area contributed by atoms with Crippen molar-refractivity contribution >= 4 is 18.4 Å². The molecule has 0 bridgehead atoms. The van der Waals surface area contributed by atoms with Crippen LogP contribution in [-0.4, -0.2) is 48.7 Å². The van der Waals surface area contributed by atoms with Crippen molar-refractivity contribution < 1.29 is 23.9 Å². The summed E-state index contributed by atoms with van der Waals surface area (Å²) in [6, 6.07) is 10.0. The molecular weight excluding hydrogens is 310 g/mol. The summed E-state index contributed by atoms with van der Waals surface area (Å²) in [5.41, 5.74) is 1.87. The Bertz CT molecular complexity index is 657. The van der Waals surface area contributed by atoms with Crippen LogP contribution in [0.2, 0.25) is 0 Å². The number of amides is 1. The molecule has 1 aromatic rings. The van der Waals surface area contributed by atoms with Gasteiger partial charge < -0.3 is 15.2 Å². The average molecular weight is 332 g/mol. The van der Waals surface area contributed by atoms with E-state index < -0.39 is 18.0 Å². The number of allylic oxidation sites excluding steroid dienone is 1. The predicted molar refractivity (Wildman–Crippen MR) is 89.1 cm³/mol. The Morgan fingerprint density at radius 2 is 2.04 bits per heavy atom. The van der Waals surface area contributed by atoms with Gasteiger partial charge in [0.15, 0.2) is 6.34 Å². The third kappa shape index (κ3) is 4.92. The molecule has 2 N–H and O–H groups in total. The first-order valence-electron chi connectivity index (χ1n) is 7.62. The van der Waals surface area contributed by atoms with Crippen LogP contribution in [0, 0.1) is 5.92 Å². The molecule has 128 valence electrons. The van der Waals surface area contributed by atoms with Gasteiger partial charge in [0.05, 0.1) is 20.1 Å². The SMILES string of the molecule is COC(=O)NCC(CC1=C[N+](C)(Cc2ccccc2)C=N1)C(=O)O. The minimum absolute atomic E-state index is 0.00271. The molecule has 2 unspecified atom stereocenters. The summed E-state index contributed by atoms with van der Waals surface area (Å²) in [6.45, 7) is 0.739. The van der Waals surface area contributed by atoms with Gasteiger partial charge in [0.1, 0.15) is 18.4 Å². The number of carboxylic acid groups (broad SMARTS) is 1. The van der Waals surface area contributed by atoms with Crippen LogP contribution in [0.15, 0.2) is 47.2 Å². The predicted octanol–water partition coefficient (Wildman–Crippen LogP) is 1.96. The molecule has 2 atom stereocenters. The molecule has 0 aliphatic carbocycles. The Morgan fingerprint density at radius 3 is 2.67 bits per heavy atom. The molecule has 0 spiro atoms. The molecule has 7 nitrogen and oxygen atoms in total. The maximum absolute atomic E-state index is 11.4. The van der Waals surface area contributed by atoms with Gasteiger partial charge in [-0.3, -0.25) is 9.28 Å². The second-order valence-corrected chi connectivity index (χ2v) is 5.97. The zero-order valence-corrected chi connectivity index (χ0v) is 13.8. The lowest BCUT2D eigenvalue weighted by Gasteiger charge is -2.21. The van der Waals surface area contributed by atoms with Gasteiger partial charge in [0.25, 0.3) is 0 Å². The standard InChI is InChI=1S/C17H21N3O4/c1-20(10-13-6-4-3-5-7-13)11-15(19-12-20)8-14(16(21)22)9-18-17(23)24-2/h3-7,11-12,14H,8-10H2,1-2H3,(H-,18,21,22,23)/p+1.